The highest BCUT2D eigenvalue weighted by atomic mass is 31.2. The second-order valence-electron chi connectivity index (χ2n) is 6.75. The van der Waals surface area contributed by atoms with Crippen molar-refractivity contribution in [3.8, 4) is 0 Å². The van der Waals surface area contributed by atoms with Crippen molar-refractivity contribution in [3.05, 3.63) is 0 Å². The molecule has 4 heteroatoms. The molecule has 0 aliphatic rings. The van der Waals surface area contributed by atoms with Gasteiger partial charge in [-0.05, 0) is 30.6 Å². The van der Waals surface area contributed by atoms with Crippen LogP contribution in [0.1, 0.15) is 92.4 Å². The second-order valence-corrected chi connectivity index (χ2v) is 8.59. The molecule has 0 spiro atoms. The van der Waals surface area contributed by atoms with Gasteiger partial charge in [-0.2, -0.15) is 0 Å². The lowest BCUT2D eigenvalue weighted by atomic mass is 9.73. The molecule has 0 aliphatic heterocycles. The van der Waals surface area contributed by atoms with Gasteiger partial charge in [-0.3, -0.25) is 4.57 Å². The maximum absolute atomic E-state index is 12.1. The SMILES string of the molecule is CCCCC(C(CC)CC)C(CC)C(CCCC)P(=O)(O)O. The van der Waals surface area contributed by atoms with E-state index in [4.69, 9.17) is 0 Å². The van der Waals surface area contributed by atoms with Gasteiger partial charge in [0.15, 0.2) is 0 Å². The van der Waals surface area contributed by atoms with Gasteiger partial charge in [0.05, 0.1) is 5.66 Å². The van der Waals surface area contributed by atoms with Crippen molar-refractivity contribution < 1.29 is 14.4 Å². The van der Waals surface area contributed by atoms with Crippen LogP contribution >= 0.6 is 7.60 Å². The van der Waals surface area contributed by atoms with E-state index in [-0.39, 0.29) is 5.92 Å². The van der Waals surface area contributed by atoms with Crippen LogP contribution in [-0.2, 0) is 4.57 Å². The molecule has 0 aliphatic carbocycles. The molecule has 0 heterocycles. The molecule has 0 saturated heterocycles. The number of rotatable bonds is 13. The van der Waals surface area contributed by atoms with Crippen LogP contribution in [0.2, 0.25) is 0 Å². The first kappa shape index (κ1) is 22.1. The molecule has 0 fully saturated rings. The molecule has 0 radical (unpaired) electrons. The predicted molar refractivity (Wildman–Crippen MR) is 96.2 cm³/mol. The Labute approximate surface area is 138 Å². The molecule has 22 heavy (non-hydrogen) atoms. The average molecular weight is 334 g/mol. The highest BCUT2D eigenvalue weighted by molar-refractivity contribution is 7.52. The third-order valence-electron chi connectivity index (χ3n) is 5.35. The molecular weight excluding hydrogens is 295 g/mol. The molecule has 0 saturated carbocycles. The molecule has 2 N–H and O–H groups in total. The molecule has 0 aromatic heterocycles. The Morgan fingerprint density at radius 3 is 1.64 bits per heavy atom. The summed E-state index contributed by atoms with van der Waals surface area (Å²) in [6, 6.07) is 0. The van der Waals surface area contributed by atoms with Gasteiger partial charge in [-0.1, -0.05) is 79.6 Å². The molecule has 3 unspecified atom stereocenters. The first-order valence-electron chi connectivity index (χ1n) is 9.42. The summed E-state index contributed by atoms with van der Waals surface area (Å²) in [5, 5.41) is 0. The first-order valence-corrected chi connectivity index (χ1v) is 11.1. The average Bonchev–Trinajstić information content (AvgIpc) is 2.47. The zero-order valence-electron chi connectivity index (χ0n) is 15.4. The van der Waals surface area contributed by atoms with Crippen LogP contribution in [0.3, 0.4) is 0 Å². The molecular formula is C18H39O3P. The Morgan fingerprint density at radius 1 is 0.773 bits per heavy atom. The van der Waals surface area contributed by atoms with E-state index >= 15 is 0 Å². The molecule has 0 aromatic rings. The Kier molecular flexibility index (Phi) is 11.7. The van der Waals surface area contributed by atoms with E-state index in [1.54, 1.807) is 0 Å². The van der Waals surface area contributed by atoms with Crippen LogP contribution in [-0.4, -0.2) is 15.4 Å². The van der Waals surface area contributed by atoms with Gasteiger partial charge in [0.2, 0.25) is 0 Å². The van der Waals surface area contributed by atoms with Crippen molar-refractivity contribution in [3.63, 3.8) is 0 Å². The topological polar surface area (TPSA) is 57.5 Å². The van der Waals surface area contributed by atoms with Gasteiger partial charge in [0.1, 0.15) is 0 Å². The standard InChI is InChI=1S/C18H39O3P/c1-6-11-13-17(15(8-3)9-4)16(10-5)18(14-12-7-2)22(19,20)21/h15-18H,6-14H2,1-5H3,(H2,19,20,21). The van der Waals surface area contributed by atoms with E-state index < -0.39 is 13.3 Å². The summed E-state index contributed by atoms with van der Waals surface area (Å²) >= 11 is 0. The van der Waals surface area contributed by atoms with Crippen LogP contribution in [0.25, 0.3) is 0 Å². The van der Waals surface area contributed by atoms with Crippen LogP contribution < -0.4 is 0 Å². The fourth-order valence-electron chi connectivity index (χ4n) is 4.04. The van der Waals surface area contributed by atoms with Crippen molar-refractivity contribution in [1.29, 1.82) is 0 Å². The summed E-state index contributed by atoms with van der Waals surface area (Å²) in [4.78, 5) is 19.8. The van der Waals surface area contributed by atoms with Gasteiger partial charge in [0, 0.05) is 0 Å². The first-order chi connectivity index (χ1) is 10.4. The van der Waals surface area contributed by atoms with Gasteiger partial charge in [0.25, 0.3) is 0 Å². The van der Waals surface area contributed by atoms with Crippen LogP contribution in [0.5, 0.6) is 0 Å². The fourth-order valence-corrected chi connectivity index (χ4v) is 5.49. The van der Waals surface area contributed by atoms with E-state index in [1.807, 2.05) is 0 Å². The second kappa shape index (κ2) is 11.6. The number of unbranched alkanes of at least 4 members (excludes halogenated alkanes) is 2. The summed E-state index contributed by atoms with van der Waals surface area (Å²) in [6.07, 6.45) is 9.12. The lowest BCUT2D eigenvalue weighted by molar-refractivity contribution is 0.169. The van der Waals surface area contributed by atoms with Crippen LogP contribution in [0, 0.1) is 17.8 Å². The molecule has 3 atom stereocenters. The predicted octanol–water partition coefficient (Wildman–Crippen LogP) is 5.99. The fraction of sp³-hybridized carbons (Fsp3) is 1.00. The Bertz CT molecular complexity index is 309. The Morgan fingerprint density at radius 2 is 1.27 bits per heavy atom. The maximum atomic E-state index is 12.1. The monoisotopic (exact) mass is 334 g/mol. The molecule has 0 bridgehead atoms. The van der Waals surface area contributed by atoms with E-state index in [0.29, 0.717) is 18.3 Å². The van der Waals surface area contributed by atoms with Gasteiger partial charge >= 0.3 is 7.60 Å². The van der Waals surface area contributed by atoms with Crippen molar-refractivity contribution in [2.75, 3.05) is 0 Å². The highest BCUT2D eigenvalue weighted by Crippen LogP contribution is 2.52. The molecule has 134 valence electrons. The van der Waals surface area contributed by atoms with Crippen molar-refractivity contribution >= 4 is 7.60 Å². The quantitative estimate of drug-likeness (QED) is 0.407. The van der Waals surface area contributed by atoms with Crippen molar-refractivity contribution in [2.45, 2.75) is 98.1 Å². The smallest absolute Gasteiger partial charge is 0.324 e. The molecule has 0 amide bonds. The maximum Gasteiger partial charge on any atom is 0.328 e. The van der Waals surface area contributed by atoms with E-state index in [9.17, 15) is 14.4 Å². The largest absolute Gasteiger partial charge is 0.328 e. The van der Waals surface area contributed by atoms with Crippen LogP contribution in [0.4, 0.5) is 0 Å². The third-order valence-corrected chi connectivity index (χ3v) is 6.85. The summed E-state index contributed by atoms with van der Waals surface area (Å²) in [5.74, 6) is 1.20. The minimum Gasteiger partial charge on any atom is -0.324 e. The van der Waals surface area contributed by atoms with Gasteiger partial charge in [-0.25, -0.2) is 0 Å². The lowest BCUT2D eigenvalue weighted by Crippen LogP contribution is -2.32. The summed E-state index contributed by atoms with van der Waals surface area (Å²) in [5.41, 5.74) is -0.445. The van der Waals surface area contributed by atoms with Crippen molar-refractivity contribution in [1.82, 2.24) is 0 Å². The molecule has 0 aromatic carbocycles. The molecule has 0 rings (SSSR count). The van der Waals surface area contributed by atoms with Gasteiger partial charge < -0.3 is 9.79 Å². The highest BCUT2D eigenvalue weighted by Gasteiger charge is 2.40. The zero-order valence-corrected chi connectivity index (χ0v) is 16.3. The van der Waals surface area contributed by atoms with Crippen LogP contribution in [0.15, 0.2) is 0 Å². The zero-order chi connectivity index (χ0) is 17.2. The summed E-state index contributed by atoms with van der Waals surface area (Å²) in [7, 11) is -4.02. The Balaban J connectivity index is 5.39. The summed E-state index contributed by atoms with van der Waals surface area (Å²) < 4.78 is 12.1. The van der Waals surface area contributed by atoms with Gasteiger partial charge in [-0.15, -0.1) is 0 Å². The minimum absolute atomic E-state index is 0.156. The van der Waals surface area contributed by atoms with E-state index in [0.717, 1.165) is 44.9 Å². The Hall–Kier alpha value is 0.150. The normalized spacial score (nSPS) is 16.7. The number of hydrogen-bond donors (Lipinski definition) is 2. The molecule has 3 nitrogen and oxygen atoms in total. The van der Waals surface area contributed by atoms with E-state index in [2.05, 4.69) is 34.6 Å². The summed E-state index contributed by atoms with van der Waals surface area (Å²) in [6.45, 7) is 10.8. The minimum atomic E-state index is -4.02. The third kappa shape index (κ3) is 7.15. The van der Waals surface area contributed by atoms with E-state index in [1.165, 1.54) is 6.42 Å². The lowest BCUT2D eigenvalue weighted by Gasteiger charge is -2.38. The number of hydrogen-bond acceptors (Lipinski definition) is 1. The van der Waals surface area contributed by atoms with Crippen molar-refractivity contribution in [2.24, 2.45) is 17.8 Å².